The number of anilines is 1. The molecule has 0 fully saturated rings. The second kappa shape index (κ2) is 3.06. The summed E-state index contributed by atoms with van der Waals surface area (Å²) in [6.07, 6.45) is 4.91. The van der Waals surface area contributed by atoms with E-state index in [1.54, 1.807) is 35.4 Å². The number of nitrogens with two attached hydrogens (primary N) is 1. The lowest BCUT2D eigenvalue weighted by Crippen LogP contribution is -1.94. The summed E-state index contributed by atoms with van der Waals surface area (Å²) >= 11 is 5.72. The average Bonchev–Trinajstić information content (AvgIpc) is 2.52. The number of rotatable bonds is 1. The molecule has 0 atom stereocenters. The second-order valence-corrected chi connectivity index (χ2v) is 2.94. The Kier molecular flexibility index (Phi) is 1.90. The maximum atomic E-state index is 5.72. The van der Waals surface area contributed by atoms with Crippen LogP contribution in [0.25, 0.3) is 5.69 Å². The lowest BCUT2D eigenvalue weighted by Gasteiger charge is -1.99. The van der Waals surface area contributed by atoms with Crippen LogP contribution in [0.2, 0.25) is 5.15 Å². The van der Waals surface area contributed by atoms with Gasteiger partial charge in [0.15, 0.2) is 0 Å². The van der Waals surface area contributed by atoms with Gasteiger partial charge >= 0.3 is 0 Å². The molecule has 0 radical (unpaired) electrons. The minimum Gasteiger partial charge on any atom is -0.396 e. The maximum absolute atomic E-state index is 5.72. The zero-order chi connectivity index (χ0) is 9.26. The molecule has 2 aromatic rings. The van der Waals surface area contributed by atoms with Crippen molar-refractivity contribution in [3.8, 4) is 5.69 Å². The SMILES string of the molecule is Nc1cnn(-c2ccnc(Cl)c2)c1. The first-order valence-corrected chi connectivity index (χ1v) is 4.05. The predicted octanol–water partition coefficient (Wildman–Crippen LogP) is 1.50. The highest BCUT2D eigenvalue weighted by Crippen LogP contribution is 2.12. The molecule has 0 aliphatic carbocycles. The van der Waals surface area contributed by atoms with E-state index in [1.165, 1.54) is 0 Å². The predicted molar refractivity (Wildman–Crippen MR) is 50.8 cm³/mol. The van der Waals surface area contributed by atoms with Gasteiger partial charge in [-0.15, -0.1) is 0 Å². The van der Waals surface area contributed by atoms with Gasteiger partial charge in [-0.2, -0.15) is 5.10 Å². The first-order chi connectivity index (χ1) is 6.25. The molecule has 0 saturated heterocycles. The van der Waals surface area contributed by atoms with Gasteiger partial charge in [0.2, 0.25) is 0 Å². The standard InChI is InChI=1S/C8H7ClN4/c9-8-3-7(1-2-11-8)13-5-6(10)4-12-13/h1-5H,10H2. The van der Waals surface area contributed by atoms with Crippen LogP contribution in [0.4, 0.5) is 5.69 Å². The number of halogens is 1. The van der Waals surface area contributed by atoms with Crippen molar-refractivity contribution in [1.82, 2.24) is 14.8 Å². The number of hydrogen-bond donors (Lipinski definition) is 1. The van der Waals surface area contributed by atoms with Crippen LogP contribution < -0.4 is 5.73 Å². The first-order valence-electron chi connectivity index (χ1n) is 3.68. The summed E-state index contributed by atoms with van der Waals surface area (Å²) < 4.78 is 1.64. The normalized spacial score (nSPS) is 10.2. The molecule has 2 aromatic heterocycles. The minimum atomic E-state index is 0.437. The first kappa shape index (κ1) is 8.07. The topological polar surface area (TPSA) is 56.7 Å². The highest BCUT2D eigenvalue weighted by molar-refractivity contribution is 6.29. The Morgan fingerprint density at radius 1 is 1.46 bits per heavy atom. The number of nitrogens with zero attached hydrogens (tertiary/aromatic N) is 3. The second-order valence-electron chi connectivity index (χ2n) is 2.56. The molecule has 2 heterocycles. The molecule has 0 aliphatic heterocycles. The molecule has 0 aromatic carbocycles. The van der Waals surface area contributed by atoms with Crippen molar-refractivity contribution in [3.05, 3.63) is 35.9 Å². The van der Waals surface area contributed by atoms with Crippen LogP contribution in [0.15, 0.2) is 30.7 Å². The molecule has 5 heteroatoms. The van der Waals surface area contributed by atoms with E-state index in [0.717, 1.165) is 5.69 Å². The monoisotopic (exact) mass is 194 g/mol. The molecule has 0 aliphatic rings. The third-order valence-corrected chi connectivity index (χ3v) is 1.78. The van der Waals surface area contributed by atoms with Gasteiger partial charge in [0.25, 0.3) is 0 Å². The Morgan fingerprint density at radius 3 is 2.92 bits per heavy atom. The molecule has 4 nitrogen and oxygen atoms in total. The van der Waals surface area contributed by atoms with Gasteiger partial charge < -0.3 is 5.73 Å². The highest BCUT2D eigenvalue weighted by atomic mass is 35.5. The third-order valence-electron chi connectivity index (χ3n) is 1.58. The van der Waals surface area contributed by atoms with Crippen LogP contribution in [-0.4, -0.2) is 14.8 Å². The van der Waals surface area contributed by atoms with E-state index in [-0.39, 0.29) is 0 Å². The fourth-order valence-corrected chi connectivity index (χ4v) is 1.18. The summed E-state index contributed by atoms with van der Waals surface area (Å²) in [7, 11) is 0. The minimum absolute atomic E-state index is 0.437. The van der Waals surface area contributed by atoms with Crippen molar-refractivity contribution in [2.75, 3.05) is 5.73 Å². The molecule has 0 spiro atoms. The molecule has 0 amide bonds. The Morgan fingerprint density at radius 2 is 2.31 bits per heavy atom. The van der Waals surface area contributed by atoms with E-state index >= 15 is 0 Å². The van der Waals surface area contributed by atoms with E-state index in [0.29, 0.717) is 10.8 Å². The van der Waals surface area contributed by atoms with Crippen molar-refractivity contribution in [2.24, 2.45) is 0 Å². The van der Waals surface area contributed by atoms with E-state index in [2.05, 4.69) is 10.1 Å². The van der Waals surface area contributed by atoms with Crippen LogP contribution in [-0.2, 0) is 0 Å². The zero-order valence-electron chi connectivity index (χ0n) is 6.68. The van der Waals surface area contributed by atoms with Gasteiger partial charge in [-0.1, -0.05) is 11.6 Å². The largest absolute Gasteiger partial charge is 0.396 e. The van der Waals surface area contributed by atoms with Crippen molar-refractivity contribution in [1.29, 1.82) is 0 Å². The maximum Gasteiger partial charge on any atom is 0.131 e. The van der Waals surface area contributed by atoms with Crippen LogP contribution in [0.1, 0.15) is 0 Å². The molecular formula is C8H7ClN4. The van der Waals surface area contributed by atoms with E-state index < -0.39 is 0 Å². The number of aromatic nitrogens is 3. The Hall–Kier alpha value is -1.55. The number of pyridine rings is 1. The summed E-state index contributed by atoms with van der Waals surface area (Å²) in [5, 5.41) is 4.47. The van der Waals surface area contributed by atoms with Crippen molar-refractivity contribution < 1.29 is 0 Å². The molecule has 2 N–H and O–H groups in total. The lowest BCUT2D eigenvalue weighted by molar-refractivity contribution is 0.878. The molecule has 66 valence electrons. The van der Waals surface area contributed by atoms with Crippen LogP contribution >= 0.6 is 11.6 Å². The van der Waals surface area contributed by atoms with Gasteiger partial charge in [0, 0.05) is 12.3 Å². The fraction of sp³-hybridized carbons (Fsp3) is 0. The molecule has 0 saturated carbocycles. The summed E-state index contributed by atoms with van der Waals surface area (Å²) in [5.41, 5.74) is 6.98. The Labute approximate surface area is 80.0 Å². The quantitative estimate of drug-likeness (QED) is 0.700. The van der Waals surface area contributed by atoms with E-state index in [1.807, 2.05) is 0 Å². The van der Waals surface area contributed by atoms with E-state index in [9.17, 15) is 0 Å². The summed E-state index contributed by atoms with van der Waals surface area (Å²) in [4.78, 5) is 3.87. The van der Waals surface area contributed by atoms with Crippen molar-refractivity contribution in [2.45, 2.75) is 0 Å². The van der Waals surface area contributed by atoms with Crippen molar-refractivity contribution >= 4 is 17.3 Å². The molecule has 13 heavy (non-hydrogen) atoms. The van der Waals surface area contributed by atoms with Gasteiger partial charge in [-0.05, 0) is 6.07 Å². The number of nitrogen functional groups attached to an aromatic ring is 1. The summed E-state index contributed by atoms with van der Waals surface area (Å²) in [6, 6.07) is 3.52. The zero-order valence-corrected chi connectivity index (χ0v) is 7.44. The molecule has 0 bridgehead atoms. The Balaban J connectivity index is 2.46. The van der Waals surface area contributed by atoms with Gasteiger partial charge in [-0.3, -0.25) is 0 Å². The lowest BCUT2D eigenvalue weighted by atomic mass is 10.4. The Bertz CT molecular complexity index is 424. The van der Waals surface area contributed by atoms with Crippen LogP contribution in [0.5, 0.6) is 0 Å². The van der Waals surface area contributed by atoms with Gasteiger partial charge in [0.05, 0.1) is 23.8 Å². The molecule has 0 unspecified atom stereocenters. The van der Waals surface area contributed by atoms with E-state index in [4.69, 9.17) is 17.3 Å². The molecule has 2 rings (SSSR count). The van der Waals surface area contributed by atoms with Crippen molar-refractivity contribution in [3.63, 3.8) is 0 Å². The van der Waals surface area contributed by atoms with Crippen LogP contribution in [0, 0.1) is 0 Å². The highest BCUT2D eigenvalue weighted by Gasteiger charge is 1.98. The van der Waals surface area contributed by atoms with Crippen LogP contribution in [0.3, 0.4) is 0 Å². The number of hydrogen-bond acceptors (Lipinski definition) is 3. The third kappa shape index (κ3) is 1.62. The van der Waals surface area contributed by atoms with Gasteiger partial charge in [-0.25, -0.2) is 9.67 Å². The summed E-state index contributed by atoms with van der Waals surface area (Å²) in [6.45, 7) is 0. The smallest absolute Gasteiger partial charge is 0.131 e. The fourth-order valence-electron chi connectivity index (χ4n) is 1.01. The average molecular weight is 195 g/mol. The van der Waals surface area contributed by atoms with Gasteiger partial charge in [0.1, 0.15) is 5.15 Å². The molecular weight excluding hydrogens is 188 g/mol. The summed E-state index contributed by atoms with van der Waals surface area (Å²) in [5.74, 6) is 0.